The molecule has 0 aliphatic carbocycles. The van der Waals surface area contributed by atoms with Crippen LogP contribution in [0.2, 0.25) is 0 Å². The molecule has 0 atom stereocenters. The Bertz CT molecular complexity index is 1060. The maximum atomic E-state index is 12.1. The van der Waals surface area contributed by atoms with Crippen molar-refractivity contribution in [1.82, 2.24) is 10.2 Å². The molecular weight excluding hydrogens is 404 g/mol. The molecule has 1 N–H and O–H groups in total. The van der Waals surface area contributed by atoms with Gasteiger partial charge in [-0.15, -0.1) is 0 Å². The molecule has 0 radical (unpaired) electrons. The van der Waals surface area contributed by atoms with E-state index in [-0.39, 0.29) is 5.91 Å². The Labute approximate surface area is 200 Å². The molecule has 1 aliphatic heterocycles. The van der Waals surface area contributed by atoms with E-state index >= 15 is 0 Å². The van der Waals surface area contributed by atoms with Crippen LogP contribution in [0.3, 0.4) is 0 Å². The van der Waals surface area contributed by atoms with Crippen molar-refractivity contribution in [2.45, 2.75) is 53.9 Å². The SMILES string of the molecule is C=C1C=C(C(=O)NC)C=CN1/C(CC)=C(\CCC)c1ccccc1C(=C/C=CC)/C(C)=C\C. The molecule has 0 aromatic heterocycles. The molecule has 0 saturated heterocycles. The van der Waals surface area contributed by atoms with E-state index in [1.807, 2.05) is 25.3 Å². The first kappa shape index (κ1) is 25.9. The Balaban J connectivity index is 2.72. The second kappa shape index (κ2) is 12.6. The minimum atomic E-state index is -0.103. The predicted molar refractivity (Wildman–Crippen MR) is 143 cm³/mol. The van der Waals surface area contributed by atoms with E-state index in [1.54, 1.807) is 7.05 Å². The standard InChI is InChI=1S/C30H38N2O/c1-8-12-16-25(22(5)10-3)26-17-13-14-18-27(26)28(15-9-2)29(11-4)32-20-19-24(21-23(32)6)30(33)31-7/h8,10,12-14,16-21H,6,9,11,15H2,1-5,7H3,(H,31,33)/b12-8?,22-10-,25-16+,29-28+. The van der Waals surface area contributed by atoms with E-state index in [0.29, 0.717) is 5.57 Å². The zero-order valence-corrected chi connectivity index (χ0v) is 21.0. The molecule has 0 saturated carbocycles. The van der Waals surface area contributed by atoms with Crippen molar-refractivity contribution < 1.29 is 4.79 Å². The normalized spacial score (nSPS) is 15.6. The van der Waals surface area contributed by atoms with Crippen molar-refractivity contribution in [2.75, 3.05) is 7.05 Å². The maximum Gasteiger partial charge on any atom is 0.251 e. The van der Waals surface area contributed by atoms with Crippen LogP contribution >= 0.6 is 0 Å². The number of nitrogens with one attached hydrogen (secondary N) is 1. The van der Waals surface area contributed by atoms with E-state index in [1.165, 1.54) is 33.5 Å². The topological polar surface area (TPSA) is 32.3 Å². The van der Waals surface area contributed by atoms with Crippen molar-refractivity contribution >= 4 is 17.1 Å². The molecule has 0 unspecified atom stereocenters. The third-order valence-electron chi connectivity index (χ3n) is 5.85. The van der Waals surface area contributed by atoms with Crippen LogP contribution in [0.25, 0.3) is 11.1 Å². The third-order valence-corrected chi connectivity index (χ3v) is 5.85. The van der Waals surface area contributed by atoms with Crippen LogP contribution in [-0.4, -0.2) is 17.9 Å². The van der Waals surface area contributed by atoms with Crippen LogP contribution in [0.15, 0.2) is 96.0 Å². The van der Waals surface area contributed by atoms with Crippen LogP contribution in [0.5, 0.6) is 0 Å². The third kappa shape index (κ3) is 6.13. The van der Waals surface area contributed by atoms with E-state index in [9.17, 15) is 4.79 Å². The first-order valence-electron chi connectivity index (χ1n) is 11.8. The average molecular weight is 443 g/mol. The highest BCUT2D eigenvalue weighted by Crippen LogP contribution is 2.37. The van der Waals surface area contributed by atoms with Crippen LogP contribution in [-0.2, 0) is 4.79 Å². The number of amides is 1. The highest BCUT2D eigenvalue weighted by atomic mass is 16.1. The molecule has 0 bridgehead atoms. The number of nitrogens with zero attached hydrogens (tertiary/aromatic N) is 1. The Hall–Kier alpha value is -3.33. The molecule has 174 valence electrons. The van der Waals surface area contributed by atoms with E-state index in [2.05, 4.69) is 93.1 Å². The van der Waals surface area contributed by atoms with Gasteiger partial charge in [0, 0.05) is 30.2 Å². The molecule has 3 nitrogen and oxygen atoms in total. The molecule has 1 aromatic carbocycles. The number of allylic oxidation sites excluding steroid dienone is 9. The van der Waals surface area contributed by atoms with Gasteiger partial charge in [-0.2, -0.15) is 0 Å². The van der Waals surface area contributed by atoms with Crippen molar-refractivity contribution in [1.29, 1.82) is 0 Å². The van der Waals surface area contributed by atoms with Crippen molar-refractivity contribution in [3.05, 3.63) is 107 Å². The number of hydrogen-bond donors (Lipinski definition) is 1. The number of hydrogen-bond acceptors (Lipinski definition) is 2. The Morgan fingerprint density at radius 1 is 1.15 bits per heavy atom. The van der Waals surface area contributed by atoms with Crippen LogP contribution in [0, 0.1) is 0 Å². The molecule has 1 heterocycles. The number of benzene rings is 1. The second-order valence-corrected chi connectivity index (χ2v) is 8.01. The summed E-state index contributed by atoms with van der Waals surface area (Å²) in [5.74, 6) is -0.103. The zero-order valence-electron chi connectivity index (χ0n) is 21.0. The summed E-state index contributed by atoms with van der Waals surface area (Å²) in [6.07, 6.45) is 17.0. The van der Waals surface area contributed by atoms with Crippen LogP contribution in [0.4, 0.5) is 0 Å². The largest absolute Gasteiger partial charge is 0.355 e. The second-order valence-electron chi connectivity index (χ2n) is 8.01. The van der Waals surface area contributed by atoms with Gasteiger partial charge in [0.25, 0.3) is 5.91 Å². The molecule has 0 fully saturated rings. The first-order chi connectivity index (χ1) is 15.9. The summed E-state index contributed by atoms with van der Waals surface area (Å²) in [6, 6.07) is 8.67. The fraction of sp³-hybridized carbons (Fsp3) is 0.300. The van der Waals surface area contributed by atoms with Crippen LogP contribution < -0.4 is 5.32 Å². The number of carbonyl (C=O) groups excluding carboxylic acids is 1. The zero-order chi connectivity index (χ0) is 24.4. The highest BCUT2D eigenvalue weighted by Gasteiger charge is 2.21. The smallest absolute Gasteiger partial charge is 0.251 e. The predicted octanol–water partition coefficient (Wildman–Crippen LogP) is 7.55. The van der Waals surface area contributed by atoms with Gasteiger partial charge in [-0.25, -0.2) is 0 Å². The summed E-state index contributed by atoms with van der Waals surface area (Å²) in [4.78, 5) is 14.2. The number of carbonyl (C=O) groups is 1. The summed E-state index contributed by atoms with van der Waals surface area (Å²) in [5, 5.41) is 2.69. The molecular formula is C30H38N2O. The molecule has 1 aromatic rings. The minimum absolute atomic E-state index is 0.103. The Kier molecular flexibility index (Phi) is 9.93. The number of rotatable bonds is 9. The van der Waals surface area contributed by atoms with Crippen molar-refractivity contribution in [3.63, 3.8) is 0 Å². The fourth-order valence-electron chi connectivity index (χ4n) is 4.07. The van der Waals surface area contributed by atoms with Gasteiger partial charge in [0.05, 0.1) is 0 Å². The lowest BCUT2D eigenvalue weighted by atomic mass is 9.87. The summed E-state index contributed by atoms with van der Waals surface area (Å²) < 4.78 is 0. The Morgan fingerprint density at radius 3 is 2.39 bits per heavy atom. The fourth-order valence-corrected chi connectivity index (χ4v) is 4.07. The monoisotopic (exact) mass is 442 g/mol. The molecule has 0 spiro atoms. The van der Waals surface area contributed by atoms with Gasteiger partial charge in [0.15, 0.2) is 0 Å². The first-order valence-corrected chi connectivity index (χ1v) is 11.8. The lowest BCUT2D eigenvalue weighted by molar-refractivity contribution is -0.116. The van der Waals surface area contributed by atoms with E-state index in [4.69, 9.17) is 0 Å². The van der Waals surface area contributed by atoms with Gasteiger partial charge in [0.2, 0.25) is 0 Å². The van der Waals surface area contributed by atoms with Crippen molar-refractivity contribution in [2.24, 2.45) is 0 Å². The molecule has 1 amide bonds. The highest BCUT2D eigenvalue weighted by molar-refractivity contribution is 5.97. The molecule has 2 rings (SSSR count). The Morgan fingerprint density at radius 2 is 1.85 bits per heavy atom. The molecule has 3 heteroatoms. The van der Waals surface area contributed by atoms with Crippen LogP contribution in [0.1, 0.15) is 65.0 Å². The summed E-state index contributed by atoms with van der Waals surface area (Å²) >= 11 is 0. The van der Waals surface area contributed by atoms with Gasteiger partial charge in [-0.3, -0.25) is 4.79 Å². The molecule has 1 aliphatic rings. The van der Waals surface area contributed by atoms with Gasteiger partial charge < -0.3 is 10.2 Å². The maximum absolute atomic E-state index is 12.1. The summed E-state index contributed by atoms with van der Waals surface area (Å²) in [6.45, 7) is 14.9. The van der Waals surface area contributed by atoms with Gasteiger partial charge in [-0.1, -0.05) is 75.4 Å². The molecule has 33 heavy (non-hydrogen) atoms. The van der Waals surface area contributed by atoms with Gasteiger partial charge >= 0.3 is 0 Å². The van der Waals surface area contributed by atoms with Gasteiger partial charge in [-0.05, 0) is 73.6 Å². The van der Waals surface area contributed by atoms with E-state index < -0.39 is 0 Å². The lowest BCUT2D eigenvalue weighted by Crippen LogP contribution is -2.24. The average Bonchev–Trinajstić information content (AvgIpc) is 2.84. The summed E-state index contributed by atoms with van der Waals surface area (Å²) in [7, 11) is 1.64. The van der Waals surface area contributed by atoms with Crippen molar-refractivity contribution in [3.8, 4) is 0 Å². The van der Waals surface area contributed by atoms with Gasteiger partial charge in [0.1, 0.15) is 0 Å². The number of likely N-dealkylation sites (N-methyl/N-ethyl adjacent to an activating group) is 1. The quantitative estimate of drug-likeness (QED) is 0.400. The summed E-state index contributed by atoms with van der Waals surface area (Å²) in [5.41, 5.74) is 8.89. The van der Waals surface area contributed by atoms with E-state index in [0.717, 1.165) is 25.0 Å². The lowest BCUT2D eigenvalue weighted by Gasteiger charge is -2.30. The minimum Gasteiger partial charge on any atom is -0.355 e.